The van der Waals surface area contributed by atoms with E-state index < -0.39 is 18.5 Å². The summed E-state index contributed by atoms with van der Waals surface area (Å²) in [5.41, 5.74) is 2.65. The highest BCUT2D eigenvalue weighted by Gasteiger charge is 2.18. The van der Waals surface area contributed by atoms with Gasteiger partial charge < -0.3 is 15.0 Å². The summed E-state index contributed by atoms with van der Waals surface area (Å²) in [6, 6.07) is 14.4. The molecule has 9 heteroatoms. The zero-order valence-corrected chi connectivity index (χ0v) is 18.5. The van der Waals surface area contributed by atoms with Gasteiger partial charge >= 0.3 is 5.97 Å². The van der Waals surface area contributed by atoms with Crippen molar-refractivity contribution in [3.63, 3.8) is 0 Å². The molecule has 0 unspecified atom stereocenters. The van der Waals surface area contributed by atoms with Crippen LogP contribution in [0.3, 0.4) is 0 Å². The fraction of sp³-hybridized carbons (Fsp3) is 0.182. The van der Waals surface area contributed by atoms with Gasteiger partial charge in [-0.25, -0.2) is 9.78 Å². The van der Waals surface area contributed by atoms with Crippen LogP contribution in [0.1, 0.15) is 16.1 Å². The van der Waals surface area contributed by atoms with Crippen molar-refractivity contribution in [3.05, 3.63) is 70.2 Å². The highest BCUT2D eigenvalue weighted by Crippen LogP contribution is 2.25. The van der Waals surface area contributed by atoms with Gasteiger partial charge in [-0.1, -0.05) is 41.4 Å². The molecule has 0 saturated heterocycles. The summed E-state index contributed by atoms with van der Waals surface area (Å²) in [6.07, 6.45) is 0. The number of carbonyl (C=O) groups is 3. The smallest absolute Gasteiger partial charge is 0.358 e. The van der Waals surface area contributed by atoms with Crippen LogP contribution in [-0.2, 0) is 14.3 Å². The number of nitrogens with zero attached hydrogens (tertiary/aromatic N) is 2. The third-order valence-corrected chi connectivity index (χ3v) is 5.42. The van der Waals surface area contributed by atoms with Crippen LogP contribution in [0.4, 0.5) is 5.69 Å². The van der Waals surface area contributed by atoms with Crippen molar-refractivity contribution in [1.29, 1.82) is 0 Å². The third kappa shape index (κ3) is 6.37. The van der Waals surface area contributed by atoms with E-state index in [1.807, 2.05) is 19.1 Å². The van der Waals surface area contributed by atoms with Crippen LogP contribution in [0.25, 0.3) is 10.6 Å². The van der Waals surface area contributed by atoms with E-state index in [1.165, 1.54) is 23.3 Å². The molecule has 160 valence electrons. The van der Waals surface area contributed by atoms with E-state index in [0.717, 1.165) is 11.1 Å². The van der Waals surface area contributed by atoms with Crippen molar-refractivity contribution >= 4 is 46.4 Å². The average molecular weight is 458 g/mol. The molecule has 0 saturated carbocycles. The maximum atomic E-state index is 12.2. The molecule has 31 heavy (non-hydrogen) atoms. The number of aryl methyl sites for hydroxylation is 1. The largest absolute Gasteiger partial charge is 0.451 e. The van der Waals surface area contributed by atoms with Crippen LogP contribution in [0.2, 0.25) is 5.02 Å². The lowest BCUT2D eigenvalue weighted by molar-refractivity contribution is -0.136. The van der Waals surface area contributed by atoms with Crippen LogP contribution >= 0.6 is 22.9 Å². The highest BCUT2D eigenvalue weighted by molar-refractivity contribution is 7.13. The molecule has 0 bridgehead atoms. The molecular weight excluding hydrogens is 438 g/mol. The maximum absolute atomic E-state index is 12.2. The predicted octanol–water partition coefficient (Wildman–Crippen LogP) is 4.03. The molecule has 2 amide bonds. The van der Waals surface area contributed by atoms with Gasteiger partial charge in [0.1, 0.15) is 5.01 Å². The second-order valence-corrected chi connectivity index (χ2v) is 8.08. The second kappa shape index (κ2) is 10.2. The zero-order chi connectivity index (χ0) is 22.4. The van der Waals surface area contributed by atoms with Gasteiger partial charge in [0.2, 0.25) is 5.91 Å². The number of hydrogen-bond donors (Lipinski definition) is 1. The number of halogens is 1. The number of hydrogen-bond acceptors (Lipinski definition) is 6. The lowest BCUT2D eigenvalue weighted by Crippen LogP contribution is -2.37. The summed E-state index contributed by atoms with van der Waals surface area (Å²) in [7, 11) is 1.46. The quantitative estimate of drug-likeness (QED) is 0.541. The first kappa shape index (κ1) is 22.5. The van der Waals surface area contributed by atoms with Crippen LogP contribution < -0.4 is 5.32 Å². The summed E-state index contributed by atoms with van der Waals surface area (Å²) in [6.45, 7) is 1.30. The Morgan fingerprint density at radius 3 is 2.45 bits per heavy atom. The molecule has 1 aromatic heterocycles. The molecule has 7 nitrogen and oxygen atoms in total. The van der Waals surface area contributed by atoms with Gasteiger partial charge in [0.15, 0.2) is 12.3 Å². The number of rotatable bonds is 7. The lowest BCUT2D eigenvalue weighted by atomic mass is 10.2. The van der Waals surface area contributed by atoms with E-state index in [2.05, 4.69) is 10.3 Å². The van der Waals surface area contributed by atoms with Crippen molar-refractivity contribution in [3.8, 4) is 10.6 Å². The number of ether oxygens (including phenoxy) is 1. The van der Waals surface area contributed by atoms with E-state index >= 15 is 0 Å². The van der Waals surface area contributed by atoms with E-state index in [-0.39, 0.29) is 18.1 Å². The van der Waals surface area contributed by atoms with Gasteiger partial charge in [-0.05, 0) is 31.2 Å². The summed E-state index contributed by atoms with van der Waals surface area (Å²) in [5.74, 6) is -1.55. The highest BCUT2D eigenvalue weighted by atomic mass is 35.5. The van der Waals surface area contributed by atoms with Crippen molar-refractivity contribution in [2.75, 3.05) is 25.5 Å². The first-order chi connectivity index (χ1) is 14.8. The maximum Gasteiger partial charge on any atom is 0.358 e. The summed E-state index contributed by atoms with van der Waals surface area (Å²) < 4.78 is 5.05. The Morgan fingerprint density at radius 1 is 1.10 bits per heavy atom. The van der Waals surface area contributed by atoms with E-state index in [4.69, 9.17) is 16.3 Å². The number of likely N-dealkylation sites (N-methyl/N-ethyl adjacent to an activating group) is 1. The molecule has 0 spiro atoms. The molecule has 1 N–H and O–H groups in total. The van der Waals surface area contributed by atoms with Crippen molar-refractivity contribution in [2.45, 2.75) is 6.92 Å². The Labute approximate surface area is 188 Å². The minimum absolute atomic E-state index is 0.113. The van der Waals surface area contributed by atoms with Crippen molar-refractivity contribution in [1.82, 2.24) is 9.88 Å². The Bertz CT molecular complexity index is 1080. The lowest BCUT2D eigenvalue weighted by Gasteiger charge is -2.16. The molecule has 0 aliphatic carbocycles. The van der Waals surface area contributed by atoms with Gasteiger partial charge in [0.25, 0.3) is 5.91 Å². The van der Waals surface area contributed by atoms with Crippen molar-refractivity contribution < 1.29 is 19.1 Å². The number of thiazole rings is 1. The first-order valence-corrected chi connectivity index (χ1v) is 10.6. The molecule has 1 heterocycles. The average Bonchev–Trinajstić information content (AvgIpc) is 3.24. The number of nitrogens with one attached hydrogen (secondary N) is 1. The molecule has 0 atom stereocenters. The number of carbonyl (C=O) groups excluding carboxylic acids is 3. The molecule has 0 aliphatic rings. The summed E-state index contributed by atoms with van der Waals surface area (Å²) >= 11 is 7.16. The number of esters is 1. The first-order valence-electron chi connectivity index (χ1n) is 9.31. The predicted molar refractivity (Wildman–Crippen MR) is 120 cm³/mol. The molecule has 0 aliphatic heterocycles. The van der Waals surface area contributed by atoms with Gasteiger partial charge in [-0.2, -0.15) is 0 Å². The van der Waals surface area contributed by atoms with Gasteiger partial charge in [0.05, 0.1) is 6.54 Å². The molecule has 0 radical (unpaired) electrons. The summed E-state index contributed by atoms with van der Waals surface area (Å²) in [4.78, 5) is 42.0. The Kier molecular flexibility index (Phi) is 7.38. The second-order valence-electron chi connectivity index (χ2n) is 6.78. The Balaban J connectivity index is 1.48. The van der Waals surface area contributed by atoms with Crippen LogP contribution in [0.5, 0.6) is 0 Å². The zero-order valence-electron chi connectivity index (χ0n) is 16.9. The number of amides is 2. The van der Waals surface area contributed by atoms with Gasteiger partial charge in [-0.3, -0.25) is 9.59 Å². The van der Waals surface area contributed by atoms with Gasteiger partial charge in [0, 0.05) is 28.7 Å². The minimum Gasteiger partial charge on any atom is -0.451 e. The normalized spacial score (nSPS) is 10.4. The standard InChI is InChI=1S/C22H20ClN3O4S/c1-14-3-9-17(10-4-14)24-19(27)11-26(2)20(28)12-30-22(29)18-13-31-21(25-18)15-5-7-16(23)8-6-15/h3-10,13H,11-12H2,1-2H3,(H,24,27). The van der Waals surface area contributed by atoms with Crippen LogP contribution in [-0.4, -0.2) is 47.9 Å². The fourth-order valence-corrected chi connectivity index (χ4v) is 3.47. The molecular formula is C22H20ClN3O4S. The Morgan fingerprint density at radius 2 is 1.77 bits per heavy atom. The van der Waals surface area contributed by atoms with E-state index in [9.17, 15) is 14.4 Å². The molecule has 3 rings (SSSR count). The fourth-order valence-electron chi connectivity index (χ4n) is 2.54. The van der Waals surface area contributed by atoms with Crippen molar-refractivity contribution in [2.24, 2.45) is 0 Å². The Hall–Kier alpha value is -3.23. The topological polar surface area (TPSA) is 88.6 Å². The van der Waals surface area contributed by atoms with E-state index in [1.54, 1.807) is 41.8 Å². The molecule has 2 aromatic carbocycles. The monoisotopic (exact) mass is 457 g/mol. The van der Waals surface area contributed by atoms with Crippen LogP contribution in [0, 0.1) is 6.92 Å². The number of aromatic nitrogens is 1. The minimum atomic E-state index is -0.706. The number of benzene rings is 2. The van der Waals surface area contributed by atoms with Crippen LogP contribution in [0.15, 0.2) is 53.9 Å². The SMILES string of the molecule is Cc1ccc(NC(=O)CN(C)C(=O)COC(=O)c2csc(-c3ccc(Cl)cc3)n2)cc1. The molecule has 3 aromatic rings. The third-order valence-electron chi connectivity index (χ3n) is 4.27. The molecule has 0 fully saturated rings. The number of anilines is 1. The van der Waals surface area contributed by atoms with Gasteiger partial charge in [-0.15, -0.1) is 11.3 Å². The summed E-state index contributed by atoms with van der Waals surface area (Å²) in [5, 5.41) is 5.52. The van der Waals surface area contributed by atoms with E-state index in [0.29, 0.717) is 15.7 Å².